The number of hydrogen-bond donors (Lipinski definition) is 2. The number of hydrogen-bond acceptors (Lipinski definition) is 5. The molecule has 1 aromatic carbocycles. The second-order valence-electron chi connectivity index (χ2n) is 9.31. The fraction of sp³-hybridized carbons (Fsp3) is 0.417. The van der Waals surface area contributed by atoms with Crippen LogP contribution in [0.15, 0.2) is 36.5 Å². The van der Waals surface area contributed by atoms with Crippen molar-refractivity contribution < 1.29 is 41.8 Å². The molecular formula is C24H25F4N3O5. The highest BCUT2D eigenvalue weighted by Crippen LogP contribution is 2.31. The van der Waals surface area contributed by atoms with Crippen LogP contribution in [0, 0.1) is 0 Å². The predicted molar refractivity (Wildman–Crippen MR) is 120 cm³/mol. The van der Waals surface area contributed by atoms with Gasteiger partial charge in [0.1, 0.15) is 17.8 Å². The summed E-state index contributed by atoms with van der Waals surface area (Å²) in [4.78, 5) is 41.9. The van der Waals surface area contributed by atoms with E-state index in [2.05, 4.69) is 10.3 Å². The molecule has 1 fully saturated rings. The maximum absolute atomic E-state index is 14.1. The Morgan fingerprint density at radius 1 is 1.17 bits per heavy atom. The monoisotopic (exact) mass is 511 g/mol. The third-order valence-electron chi connectivity index (χ3n) is 5.36. The van der Waals surface area contributed by atoms with Gasteiger partial charge in [0.15, 0.2) is 0 Å². The molecule has 1 aliphatic rings. The Morgan fingerprint density at radius 2 is 1.81 bits per heavy atom. The van der Waals surface area contributed by atoms with Gasteiger partial charge in [0.2, 0.25) is 5.91 Å². The van der Waals surface area contributed by atoms with Gasteiger partial charge in [-0.1, -0.05) is 12.1 Å². The first-order chi connectivity index (χ1) is 16.7. The average Bonchev–Trinajstić information content (AvgIpc) is 3.17. The highest BCUT2D eigenvalue weighted by atomic mass is 19.4. The van der Waals surface area contributed by atoms with Gasteiger partial charge in [-0.05, 0) is 44.5 Å². The Hall–Kier alpha value is -3.70. The minimum absolute atomic E-state index is 0.124. The largest absolute Gasteiger partial charge is 0.478 e. The lowest BCUT2D eigenvalue weighted by molar-refractivity contribution is -0.137. The molecule has 2 heterocycles. The van der Waals surface area contributed by atoms with Crippen LogP contribution in [0.3, 0.4) is 0 Å². The zero-order valence-electron chi connectivity index (χ0n) is 19.7. The molecule has 2 unspecified atom stereocenters. The topological polar surface area (TPSA) is 109 Å². The van der Waals surface area contributed by atoms with Crippen molar-refractivity contribution in [3.05, 3.63) is 53.2 Å². The minimum atomic E-state index is -4.51. The van der Waals surface area contributed by atoms with Crippen LogP contribution in [-0.4, -0.2) is 57.3 Å². The predicted octanol–water partition coefficient (Wildman–Crippen LogP) is 4.43. The van der Waals surface area contributed by atoms with E-state index in [4.69, 9.17) is 4.74 Å². The Kier molecular flexibility index (Phi) is 7.56. The van der Waals surface area contributed by atoms with Crippen LogP contribution < -0.4 is 5.32 Å². The van der Waals surface area contributed by atoms with Crippen LogP contribution in [-0.2, 0) is 22.3 Å². The SMILES string of the molecule is CC(C)(C)OC(=O)N1CC(F)CC1C(=O)NCc1cc(-c2ccc(C(F)(F)F)cc2)ncc1C(=O)O. The van der Waals surface area contributed by atoms with E-state index in [1.165, 1.54) is 18.2 Å². The normalized spacial score (nSPS) is 18.1. The average molecular weight is 511 g/mol. The number of carboxylic acids is 1. The highest BCUT2D eigenvalue weighted by Gasteiger charge is 2.41. The lowest BCUT2D eigenvalue weighted by Gasteiger charge is -2.27. The number of rotatable bonds is 5. The molecule has 2 amide bonds. The summed E-state index contributed by atoms with van der Waals surface area (Å²) in [7, 11) is 0. The van der Waals surface area contributed by atoms with E-state index in [1.807, 2.05) is 0 Å². The van der Waals surface area contributed by atoms with Crippen molar-refractivity contribution in [2.45, 2.75) is 57.7 Å². The number of nitrogens with zero attached hydrogens (tertiary/aromatic N) is 2. The lowest BCUT2D eigenvalue weighted by atomic mass is 10.0. The van der Waals surface area contributed by atoms with Crippen molar-refractivity contribution in [1.29, 1.82) is 0 Å². The number of carboxylic acid groups (broad SMARTS) is 1. The van der Waals surface area contributed by atoms with Crippen LogP contribution in [0.1, 0.15) is 48.7 Å². The first kappa shape index (κ1) is 26.9. The standard InChI is InChI=1S/C24H25F4N3O5/c1-23(2,3)36-22(35)31-12-16(25)9-19(31)20(32)30-10-14-8-18(29-11-17(14)21(33)34)13-4-6-15(7-5-13)24(26,27)28/h4-8,11,16,19H,9-10,12H2,1-3H3,(H,30,32)(H,33,34). The number of carbonyl (C=O) groups excluding carboxylic acids is 2. The summed E-state index contributed by atoms with van der Waals surface area (Å²) in [5, 5.41) is 12.0. The molecule has 0 spiro atoms. The summed E-state index contributed by atoms with van der Waals surface area (Å²) < 4.78 is 57.8. The van der Waals surface area contributed by atoms with Gasteiger partial charge in [0.05, 0.1) is 23.4 Å². The van der Waals surface area contributed by atoms with E-state index < -0.39 is 47.5 Å². The number of aromatic carboxylic acids is 1. The Morgan fingerprint density at radius 3 is 2.36 bits per heavy atom. The van der Waals surface area contributed by atoms with Gasteiger partial charge in [0.25, 0.3) is 0 Å². The molecule has 194 valence electrons. The zero-order valence-corrected chi connectivity index (χ0v) is 19.7. The molecule has 3 rings (SSSR count). The molecule has 1 aliphatic heterocycles. The molecule has 0 radical (unpaired) electrons. The maximum atomic E-state index is 14.1. The highest BCUT2D eigenvalue weighted by molar-refractivity contribution is 5.90. The maximum Gasteiger partial charge on any atom is 0.416 e. The number of carbonyl (C=O) groups is 3. The van der Waals surface area contributed by atoms with Crippen LogP contribution >= 0.6 is 0 Å². The third kappa shape index (κ3) is 6.49. The fourth-order valence-electron chi connectivity index (χ4n) is 3.68. The van der Waals surface area contributed by atoms with Crippen LogP contribution in [0.5, 0.6) is 0 Å². The van der Waals surface area contributed by atoms with Crippen molar-refractivity contribution in [2.24, 2.45) is 0 Å². The Bertz CT molecular complexity index is 1150. The van der Waals surface area contributed by atoms with Gasteiger partial charge in [0, 0.05) is 24.7 Å². The quantitative estimate of drug-likeness (QED) is 0.575. The van der Waals surface area contributed by atoms with Gasteiger partial charge >= 0.3 is 18.2 Å². The van der Waals surface area contributed by atoms with Crippen LogP contribution in [0.4, 0.5) is 22.4 Å². The molecule has 2 N–H and O–H groups in total. The molecule has 36 heavy (non-hydrogen) atoms. The van der Waals surface area contributed by atoms with Crippen molar-refractivity contribution in [3.63, 3.8) is 0 Å². The third-order valence-corrected chi connectivity index (χ3v) is 5.36. The van der Waals surface area contributed by atoms with E-state index in [0.29, 0.717) is 5.56 Å². The van der Waals surface area contributed by atoms with E-state index in [0.717, 1.165) is 23.2 Å². The summed E-state index contributed by atoms with van der Waals surface area (Å²) in [6.07, 6.45) is -6.00. The van der Waals surface area contributed by atoms with Crippen LogP contribution in [0.25, 0.3) is 11.3 Å². The molecule has 2 atom stereocenters. The number of halogens is 4. The number of alkyl halides is 4. The molecule has 2 aromatic rings. The number of likely N-dealkylation sites (tertiary alicyclic amines) is 1. The van der Waals surface area contributed by atoms with Gasteiger partial charge in [-0.15, -0.1) is 0 Å². The first-order valence-corrected chi connectivity index (χ1v) is 11.0. The van der Waals surface area contributed by atoms with E-state index in [-0.39, 0.29) is 36.3 Å². The van der Waals surface area contributed by atoms with Crippen molar-refractivity contribution >= 4 is 18.0 Å². The number of pyridine rings is 1. The van der Waals surface area contributed by atoms with Crippen molar-refractivity contribution in [1.82, 2.24) is 15.2 Å². The fourth-order valence-corrected chi connectivity index (χ4v) is 3.68. The summed E-state index contributed by atoms with van der Waals surface area (Å²) in [5.41, 5.74) is -1.31. The molecule has 8 nitrogen and oxygen atoms in total. The number of ether oxygens (including phenoxy) is 1. The second-order valence-corrected chi connectivity index (χ2v) is 9.31. The zero-order chi connectivity index (χ0) is 26.8. The number of aromatic nitrogens is 1. The summed E-state index contributed by atoms with van der Waals surface area (Å²) in [5.74, 6) is -2.03. The molecular weight excluding hydrogens is 486 g/mol. The smallest absolute Gasteiger partial charge is 0.416 e. The van der Waals surface area contributed by atoms with Gasteiger partial charge < -0.3 is 15.2 Å². The summed E-state index contributed by atoms with van der Waals surface area (Å²) in [6, 6.07) is 4.34. The molecule has 0 aliphatic carbocycles. The van der Waals surface area contributed by atoms with E-state index in [1.54, 1.807) is 20.8 Å². The molecule has 1 aromatic heterocycles. The van der Waals surface area contributed by atoms with Gasteiger partial charge in [-0.3, -0.25) is 14.7 Å². The number of benzene rings is 1. The number of nitrogens with one attached hydrogen (secondary N) is 1. The van der Waals surface area contributed by atoms with Crippen molar-refractivity contribution in [2.75, 3.05) is 6.54 Å². The van der Waals surface area contributed by atoms with Gasteiger partial charge in [-0.25, -0.2) is 14.0 Å². The minimum Gasteiger partial charge on any atom is -0.478 e. The van der Waals surface area contributed by atoms with Gasteiger partial charge in [-0.2, -0.15) is 13.2 Å². The summed E-state index contributed by atoms with van der Waals surface area (Å²) in [6.45, 7) is 4.28. The van der Waals surface area contributed by atoms with E-state index in [9.17, 15) is 37.1 Å². The number of amides is 2. The first-order valence-electron chi connectivity index (χ1n) is 11.0. The van der Waals surface area contributed by atoms with E-state index >= 15 is 0 Å². The Labute approximate surface area is 204 Å². The second kappa shape index (κ2) is 10.1. The Balaban J connectivity index is 1.79. The van der Waals surface area contributed by atoms with Crippen LogP contribution in [0.2, 0.25) is 0 Å². The van der Waals surface area contributed by atoms with Crippen molar-refractivity contribution in [3.8, 4) is 11.3 Å². The summed E-state index contributed by atoms with van der Waals surface area (Å²) >= 11 is 0. The lowest BCUT2D eigenvalue weighted by Crippen LogP contribution is -2.47. The molecule has 12 heteroatoms. The molecule has 1 saturated heterocycles. The molecule has 0 saturated carbocycles. The molecule has 0 bridgehead atoms.